The van der Waals surface area contributed by atoms with Crippen molar-refractivity contribution in [2.75, 3.05) is 14.2 Å². The average Bonchev–Trinajstić information content (AvgIpc) is 3.05. The second-order valence-electron chi connectivity index (χ2n) is 6.46. The van der Waals surface area contributed by atoms with Gasteiger partial charge in [-0.25, -0.2) is 14.3 Å². The Balaban J connectivity index is 2.15. The highest BCUT2D eigenvalue weighted by atomic mass is 16.5. The molecule has 1 N–H and O–H groups in total. The molecule has 0 saturated heterocycles. The summed E-state index contributed by atoms with van der Waals surface area (Å²) in [5.41, 5.74) is -0.210. The van der Waals surface area contributed by atoms with Crippen molar-refractivity contribution in [3.05, 3.63) is 50.4 Å². The normalized spacial score (nSPS) is 11.3. The van der Waals surface area contributed by atoms with Gasteiger partial charge in [0.2, 0.25) is 0 Å². The fraction of sp³-hybridized carbons (Fsp3) is 0.300. The number of rotatable bonds is 7. The third-order valence-corrected chi connectivity index (χ3v) is 4.72. The Labute approximate surface area is 171 Å². The van der Waals surface area contributed by atoms with Crippen LogP contribution >= 0.6 is 0 Å². The molecule has 2 heterocycles. The Morgan fingerprint density at radius 3 is 2.43 bits per heavy atom. The molecule has 0 aliphatic carbocycles. The fourth-order valence-electron chi connectivity index (χ4n) is 3.22. The smallest absolute Gasteiger partial charge is 0.333 e. The van der Waals surface area contributed by atoms with Crippen molar-refractivity contribution in [2.45, 2.75) is 20.0 Å². The predicted octanol–water partition coefficient (Wildman–Crippen LogP) is 1.19. The molecule has 2 aromatic heterocycles. The number of carboxylic acids is 1. The summed E-state index contributed by atoms with van der Waals surface area (Å²) in [4.78, 5) is 40.9. The lowest BCUT2D eigenvalue weighted by molar-refractivity contribution is -0.137. The number of carboxylic acid groups (broad SMARTS) is 1. The number of fused-ring (bicyclic) bond motifs is 1. The van der Waals surface area contributed by atoms with Gasteiger partial charge in [-0.05, 0) is 30.7 Å². The van der Waals surface area contributed by atoms with Gasteiger partial charge in [0.15, 0.2) is 22.7 Å². The van der Waals surface area contributed by atoms with Gasteiger partial charge in [-0.15, -0.1) is 0 Å². The third-order valence-electron chi connectivity index (χ3n) is 4.72. The minimum absolute atomic E-state index is 0.157. The van der Waals surface area contributed by atoms with Gasteiger partial charge in [0, 0.05) is 13.6 Å². The zero-order valence-corrected chi connectivity index (χ0v) is 17.1. The van der Waals surface area contributed by atoms with Crippen molar-refractivity contribution >= 4 is 29.3 Å². The molecule has 30 heavy (non-hydrogen) atoms. The van der Waals surface area contributed by atoms with Gasteiger partial charge >= 0.3 is 11.7 Å². The number of benzene rings is 1. The van der Waals surface area contributed by atoms with Crippen LogP contribution in [0.1, 0.15) is 18.3 Å². The van der Waals surface area contributed by atoms with E-state index in [0.717, 1.165) is 5.56 Å². The van der Waals surface area contributed by atoms with Gasteiger partial charge in [-0.3, -0.25) is 14.2 Å². The molecule has 10 heteroatoms. The van der Waals surface area contributed by atoms with Crippen LogP contribution in [0.5, 0.6) is 11.5 Å². The van der Waals surface area contributed by atoms with Gasteiger partial charge in [0.25, 0.3) is 5.56 Å². The first-order valence-electron chi connectivity index (χ1n) is 9.14. The zero-order valence-electron chi connectivity index (χ0n) is 17.1. The third kappa shape index (κ3) is 3.59. The Hall–Kier alpha value is -3.82. The second-order valence-corrected chi connectivity index (χ2v) is 6.46. The number of aryl methyl sites for hydroxylation is 2. The zero-order chi connectivity index (χ0) is 22.0. The molecular weight excluding hydrogens is 392 g/mol. The van der Waals surface area contributed by atoms with Gasteiger partial charge in [-0.2, -0.15) is 0 Å². The molecule has 0 atom stereocenters. The number of carbonyl (C=O) groups is 1. The molecule has 3 aromatic rings. The molecule has 0 aliphatic rings. The standard InChI is InChI=1S/C20H22N4O6/c1-5-23-18-17(19(27)24(20(23)28)11-16(25)26)22(2)15(21-18)9-7-12-6-8-13(29-3)14(10-12)30-4/h6-10H,5,11H2,1-4H3,(H,25,26)/b9-7+. The molecule has 158 valence electrons. The van der Waals surface area contributed by atoms with E-state index >= 15 is 0 Å². The molecule has 0 radical (unpaired) electrons. The summed E-state index contributed by atoms with van der Waals surface area (Å²) >= 11 is 0. The number of ether oxygens (including phenoxy) is 2. The summed E-state index contributed by atoms with van der Waals surface area (Å²) in [7, 11) is 4.74. The predicted molar refractivity (Wildman–Crippen MR) is 111 cm³/mol. The number of aromatic nitrogens is 4. The minimum Gasteiger partial charge on any atom is -0.493 e. The SMILES string of the molecule is CCn1c(=O)n(CC(=O)O)c(=O)c2c1nc(/C=C/c1ccc(OC)c(OC)c1)n2C. The fourth-order valence-corrected chi connectivity index (χ4v) is 3.22. The summed E-state index contributed by atoms with van der Waals surface area (Å²) < 4.78 is 14.1. The van der Waals surface area contributed by atoms with Crippen molar-refractivity contribution < 1.29 is 19.4 Å². The van der Waals surface area contributed by atoms with Crippen molar-refractivity contribution in [3.63, 3.8) is 0 Å². The molecule has 1 aromatic carbocycles. The van der Waals surface area contributed by atoms with Crippen LogP contribution < -0.4 is 20.7 Å². The van der Waals surface area contributed by atoms with E-state index in [4.69, 9.17) is 14.6 Å². The molecule has 0 saturated carbocycles. The van der Waals surface area contributed by atoms with Crippen molar-refractivity contribution in [1.82, 2.24) is 18.7 Å². The van der Waals surface area contributed by atoms with Crippen LogP contribution in [0.15, 0.2) is 27.8 Å². The van der Waals surface area contributed by atoms with Gasteiger partial charge in [0.05, 0.1) is 14.2 Å². The molecule has 0 bridgehead atoms. The first-order valence-corrected chi connectivity index (χ1v) is 9.14. The van der Waals surface area contributed by atoms with Gasteiger partial charge in [-0.1, -0.05) is 12.1 Å². The van der Waals surface area contributed by atoms with Crippen LogP contribution in [0.25, 0.3) is 23.3 Å². The van der Waals surface area contributed by atoms with E-state index < -0.39 is 23.8 Å². The highest BCUT2D eigenvalue weighted by molar-refractivity contribution is 5.77. The molecule has 0 spiro atoms. The lowest BCUT2D eigenvalue weighted by Gasteiger charge is -2.08. The summed E-state index contributed by atoms with van der Waals surface area (Å²) in [6, 6.07) is 5.40. The van der Waals surface area contributed by atoms with Crippen LogP contribution in [0.2, 0.25) is 0 Å². The molecule has 0 fully saturated rings. The molecular formula is C20H22N4O6. The first-order chi connectivity index (χ1) is 14.3. The summed E-state index contributed by atoms with van der Waals surface area (Å²) in [5.74, 6) is 0.336. The Bertz CT molecular complexity index is 1270. The van der Waals surface area contributed by atoms with Crippen LogP contribution in [-0.4, -0.2) is 44.0 Å². The van der Waals surface area contributed by atoms with E-state index in [-0.39, 0.29) is 17.7 Å². The maximum atomic E-state index is 12.8. The van der Waals surface area contributed by atoms with Crippen molar-refractivity contribution in [3.8, 4) is 11.5 Å². The summed E-state index contributed by atoms with van der Waals surface area (Å²) in [5, 5.41) is 9.06. The lowest BCUT2D eigenvalue weighted by atomic mass is 10.2. The quantitative estimate of drug-likeness (QED) is 0.617. The van der Waals surface area contributed by atoms with E-state index in [1.807, 2.05) is 6.07 Å². The number of imidazole rings is 1. The molecule has 3 rings (SSSR count). The second kappa shape index (κ2) is 8.27. The van der Waals surface area contributed by atoms with E-state index in [1.165, 1.54) is 4.57 Å². The van der Waals surface area contributed by atoms with E-state index in [1.54, 1.807) is 57.0 Å². The molecule has 0 aliphatic heterocycles. The minimum atomic E-state index is -1.27. The van der Waals surface area contributed by atoms with Crippen molar-refractivity contribution in [2.24, 2.45) is 7.05 Å². The number of nitrogens with zero attached hydrogens (tertiary/aromatic N) is 4. The molecule has 0 unspecified atom stereocenters. The van der Waals surface area contributed by atoms with E-state index in [9.17, 15) is 14.4 Å². The Morgan fingerprint density at radius 2 is 1.83 bits per heavy atom. The first kappa shape index (κ1) is 20.9. The monoisotopic (exact) mass is 414 g/mol. The van der Waals surface area contributed by atoms with E-state index in [2.05, 4.69) is 4.98 Å². The maximum absolute atomic E-state index is 12.8. The summed E-state index contributed by atoms with van der Waals surface area (Å²) in [6.45, 7) is 1.25. The number of hydrogen-bond donors (Lipinski definition) is 1. The van der Waals surface area contributed by atoms with E-state index in [0.29, 0.717) is 21.9 Å². The van der Waals surface area contributed by atoms with Gasteiger partial charge < -0.3 is 19.1 Å². The number of aliphatic carboxylic acids is 1. The summed E-state index contributed by atoms with van der Waals surface area (Å²) in [6.07, 6.45) is 3.49. The molecule has 0 amide bonds. The number of hydrogen-bond acceptors (Lipinski definition) is 6. The highest BCUT2D eigenvalue weighted by Crippen LogP contribution is 2.28. The van der Waals surface area contributed by atoms with Gasteiger partial charge in [0.1, 0.15) is 12.4 Å². The average molecular weight is 414 g/mol. The van der Waals surface area contributed by atoms with Crippen LogP contribution in [0.3, 0.4) is 0 Å². The van der Waals surface area contributed by atoms with Crippen molar-refractivity contribution in [1.29, 1.82) is 0 Å². The highest BCUT2D eigenvalue weighted by Gasteiger charge is 2.19. The largest absolute Gasteiger partial charge is 0.493 e. The topological polar surface area (TPSA) is 118 Å². The van der Waals surface area contributed by atoms with Crippen LogP contribution in [-0.2, 0) is 24.9 Å². The molecule has 10 nitrogen and oxygen atoms in total. The lowest BCUT2D eigenvalue weighted by Crippen LogP contribution is -2.42. The maximum Gasteiger partial charge on any atom is 0.333 e. The van der Waals surface area contributed by atoms with Crippen LogP contribution in [0.4, 0.5) is 0 Å². The number of methoxy groups -OCH3 is 2. The Kier molecular flexibility index (Phi) is 5.77. The van der Waals surface area contributed by atoms with Crippen LogP contribution in [0, 0.1) is 0 Å². The Morgan fingerprint density at radius 1 is 1.13 bits per heavy atom.